The van der Waals surface area contributed by atoms with Crippen LogP contribution < -0.4 is 0 Å². The van der Waals surface area contributed by atoms with E-state index in [0.717, 1.165) is 13.8 Å². The Hall–Kier alpha value is -0.360. The zero-order valence-corrected chi connectivity index (χ0v) is 5.61. The molecule has 0 aromatic heterocycles. The first-order valence-electron chi connectivity index (χ1n) is 2.57. The molecule has 0 aliphatic carbocycles. The first kappa shape index (κ1) is 9.64. The predicted molar refractivity (Wildman–Crippen MR) is 27.1 cm³/mol. The van der Waals surface area contributed by atoms with Crippen LogP contribution in [0.3, 0.4) is 0 Å². The van der Waals surface area contributed by atoms with E-state index in [1.807, 2.05) is 0 Å². The number of hydrogen-bond donors (Lipinski definition) is 0. The highest BCUT2D eigenvalue weighted by Crippen LogP contribution is 2.17. The first-order chi connectivity index (χ1) is 4.36. The van der Waals surface area contributed by atoms with Crippen molar-refractivity contribution < 1.29 is 17.9 Å². The Balaban J connectivity index is 3.87. The Bertz CT molecular complexity index is 103. The van der Waals surface area contributed by atoms with Gasteiger partial charge in [0.1, 0.15) is 0 Å². The Morgan fingerprint density at radius 1 is 1.10 bits per heavy atom. The van der Waals surface area contributed by atoms with E-state index >= 15 is 0 Å². The zero-order valence-electron chi connectivity index (χ0n) is 5.61. The maximum atomic E-state index is 11.6. The fourth-order valence-corrected chi connectivity index (χ4v) is 0.346. The summed E-state index contributed by atoms with van der Waals surface area (Å²) in [6.45, 7) is 1.04. The van der Waals surface area contributed by atoms with Crippen LogP contribution in [-0.4, -0.2) is 22.8 Å². The fraction of sp³-hybridized carbons (Fsp3) is 1.00. The molecule has 62 valence electrons. The topological polar surface area (TPSA) is 6.48 Å². The van der Waals surface area contributed by atoms with E-state index in [2.05, 4.69) is 0 Å². The molecular formula is C4H8F4N2. The average Bonchev–Trinajstić information content (AvgIpc) is 1.60. The van der Waals surface area contributed by atoms with Gasteiger partial charge in [0.2, 0.25) is 0 Å². The predicted octanol–water partition coefficient (Wildman–Crippen LogP) is 1.91. The zero-order chi connectivity index (χ0) is 8.36. The van der Waals surface area contributed by atoms with Crippen molar-refractivity contribution in [1.29, 1.82) is 0 Å². The Morgan fingerprint density at radius 3 is 1.60 bits per heavy atom. The van der Waals surface area contributed by atoms with Crippen molar-refractivity contribution in [2.45, 2.75) is 19.4 Å². The third kappa shape index (κ3) is 2.98. The van der Waals surface area contributed by atoms with Crippen LogP contribution in [0.4, 0.5) is 17.9 Å². The minimum atomic E-state index is -1.80. The molecule has 0 rings (SSSR count). The van der Waals surface area contributed by atoms with Crippen molar-refractivity contribution >= 4 is 0 Å². The van der Waals surface area contributed by atoms with Crippen LogP contribution in [0.25, 0.3) is 0 Å². The van der Waals surface area contributed by atoms with Crippen molar-refractivity contribution in [3.05, 3.63) is 0 Å². The lowest BCUT2D eigenvalue weighted by Gasteiger charge is -2.23. The maximum Gasteiger partial charge on any atom is 0.0963 e. The van der Waals surface area contributed by atoms with E-state index in [9.17, 15) is 17.9 Å². The van der Waals surface area contributed by atoms with Crippen LogP contribution in [0.1, 0.15) is 13.8 Å². The molecule has 0 unspecified atom stereocenters. The van der Waals surface area contributed by atoms with Gasteiger partial charge < -0.3 is 0 Å². The molecule has 10 heavy (non-hydrogen) atoms. The van der Waals surface area contributed by atoms with E-state index in [4.69, 9.17) is 0 Å². The van der Waals surface area contributed by atoms with Gasteiger partial charge in [-0.3, -0.25) is 0 Å². The van der Waals surface area contributed by atoms with Crippen molar-refractivity contribution in [3.8, 4) is 0 Å². The summed E-state index contributed by atoms with van der Waals surface area (Å²) in [6.07, 6.45) is 0. The van der Waals surface area contributed by atoms with Gasteiger partial charge in [0.15, 0.2) is 0 Å². The Morgan fingerprint density at radius 2 is 1.50 bits per heavy atom. The van der Waals surface area contributed by atoms with Gasteiger partial charge in [-0.05, 0) is 13.8 Å². The van der Waals surface area contributed by atoms with Gasteiger partial charge in [0.05, 0.1) is 12.1 Å². The lowest BCUT2D eigenvalue weighted by atomic mass is 10.1. The van der Waals surface area contributed by atoms with Crippen molar-refractivity contribution in [3.63, 3.8) is 0 Å². The monoisotopic (exact) mass is 160 g/mol. The molecule has 0 aromatic carbocycles. The van der Waals surface area contributed by atoms with Crippen LogP contribution in [0.15, 0.2) is 0 Å². The molecule has 0 fully saturated rings. The standard InChI is InChI=1S/C4H8F4N2/c1-4(2,10(7)8)3-9(5)6/h3H2,1-2H3. The molecule has 6 heteroatoms. The summed E-state index contributed by atoms with van der Waals surface area (Å²) in [5.74, 6) is 0. The van der Waals surface area contributed by atoms with Crippen LogP contribution in [0.2, 0.25) is 0 Å². The number of nitrogens with zero attached hydrogens (tertiary/aromatic N) is 2. The minimum Gasteiger partial charge on any atom is -0.101 e. The quantitative estimate of drug-likeness (QED) is 0.459. The molecule has 0 N–H and O–H groups in total. The van der Waals surface area contributed by atoms with Gasteiger partial charge in [-0.2, -0.15) is 0 Å². The summed E-state index contributed by atoms with van der Waals surface area (Å²) in [7, 11) is 0. The van der Waals surface area contributed by atoms with Crippen molar-refractivity contribution in [2.24, 2.45) is 0 Å². The highest BCUT2D eigenvalue weighted by atomic mass is 19.4. The second-order valence-corrected chi connectivity index (χ2v) is 2.51. The minimum absolute atomic E-state index is 0.986. The summed E-state index contributed by atoms with van der Waals surface area (Å²) in [6, 6.07) is 0. The maximum absolute atomic E-state index is 11.6. The van der Waals surface area contributed by atoms with E-state index < -0.39 is 22.8 Å². The van der Waals surface area contributed by atoms with Gasteiger partial charge in [-0.1, -0.05) is 0 Å². The van der Waals surface area contributed by atoms with Crippen LogP contribution in [0, 0.1) is 0 Å². The highest BCUT2D eigenvalue weighted by Gasteiger charge is 2.31. The highest BCUT2D eigenvalue weighted by molar-refractivity contribution is 4.72. The molecule has 0 atom stereocenters. The fourth-order valence-electron chi connectivity index (χ4n) is 0.346. The molecular weight excluding hydrogens is 152 g/mol. The molecule has 0 heterocycles. The molecule has 0 aromatic rings. The molecule has 0 amide bonds. The third-order valence-corrected chi connectivity index (χ3v) is 0.964. The summed E-state index contributed by atoms with van der Waals surface area (Å²) >= 11 is 0. The van der Waals surface area contributed by atoms with Crippen LogP contribution >= 0.6 is 0 Å². The van der Waals surface area contributed by atoms with Crippen LogP contribution in [-0.2, 0) is 0 Å². The summed E-state index contributed by atoms with van der Waals surface area (Å²) in [5, 5.41) is -2.51. The molecule has 0 aliphatic heterocycles. The van der Waals surface area contributed by atoms with Crippen molar-refractivity contribution in [2.75, 3.05) is 6.54 Å². The smallest absolute Gasteiger partial charge is 0.0963 e. The summed E-state index contributed by atoms with van der Waals surface area (Å²) < 4.78 is 46.0. The SMILES string of the molecule is CC(C)(CN(F)F)N(F)F. The van der Waals surface area contributed by atoms with Gasteiger partial charge in [0, 0.05) is 10.7 Å². The van der Waals surface area contributed by atoms with Gasteiger partial charge in [-0.15, -0.1) is 17.9 Å². The lowest BCUT2D eigenvalue weighted by molar-refractivity contribution is -0.259. The molecule has 0 aliphatic rings. The summed E-state index contributed by atoms with van der Waals surface area (Å²) in [5.41, 5.74) is -1.80. The van der Waals surface area contributed by atoms with E-state index in [1.54, 1.807) is 0 Å². The number of halogens is 4. The van der Waals surface area contributed by atoms with Gasteiger partial charge in [0.25, 0.3) is 0 Å². The second-order valence-electron chi connectivity index (χ2n) is 2.51. The first-order valence-corrected chi connectivity index (χ1v) is 2.57. The molecule has 0 saturated heterocycles. The second kappa shape index (κ2) is 3.16. The largest absolute Gasteiger partial charge is 0.101 e. The number of rotatable bonds is 3. The Kier molecular flexibility index (Phi) is 3.04. The Labute approximate surface area is 55.8 Å². The molecule has 2 nitrogen and oxygen atoms in total. The third-order valence-electron chi connectivity index (χ3n) is 0.964. The van der Waals surface area contributed by atoms with Gasteiger partial charge in [-0.25, -0.2) is 0 Å². The van der Waals surface area contributed by atoms with Crippen LogP contribution in [0.5, 0.6) is 0 Å². The normalized spacial score (nSPS) is 13.2. The van der Waals surface area contributed by atoms with E-state index in [1.165, 1.54) is 0 Å². The molecule has 0 radical (unpaired) electrons. The van der Waals surface area contributed by atoms with Gasteiger partial charge >= 0.3 is 0 Å². The summed E-state index contributed by atoms with van der Waals surface area (Å²) in [4.78, 5) is 0. The molecule has 0 saturated carbocycles. The van der Waals surface area contributed by atoms with E-state index in [-0.39, 0.29) is 0 Å². The lowest BCUT2D eigenvalue weighted by Crippen LogP contribution is -2.40. The van der Waals surface area contributed by atoms with E-state index in [0.29, 0.717) is 0 Å². The number of hydrogen-bond acceptors (Lipinski definition) is 2. The molecule has 0 bridgehead atoms. The van der Waals surface area contributed by atoms with Crippen molar-refractivity contribution in [1.82, 2.24) is 10.7 Å². The average molecular weight is 160 g/mol. The molecule has 0 spiro atoms.